The summed E-state index contributed by atoms with van der Waals surface area (Å²) in [4.78, 5) is 30.6. The summed E-state index contributed by atoms with van der Waals surface area (Å²) in [5.41, 5.74) is 2.98. The quantitative estimate of drug-likeness (QED) is 0.756. The molecular formula is C20H17N3O2S. The van der Waals surface area contributed by atoms with Crippen molar-refractivity contribution in [2.75, 3.05) is 16.8 Å². The van der Waals surface area contributed by atoms with Crippen molar-refractivity contribution < 1.29 is 9.59 Å². The van der Waals surface area contributed by atoms with Crippen LogP contribution in [0.2, 0.25) is 0 Å². The number of hydrogen-bond donors (Lipinski definition) is 1. The highest BCUT2D eigenvalue weighted by Crippen LogP contribution is 2.25. The van der Waals surface area contributed by atoms with Gasteiger partial charge in [-0.1, -0.05) is 18.2 Å². The van der Waals surface area contributed by atoms with Gasteiger partial charge in [-0.15, -0.1) is 11.3 Å². The van der Waals surface area contributed by atoms with Crippen LogP contribution in [0.3, 0.4) is 0 Å². The molecule has 1 N–H and O–H groups in total. The van der Waals surface area contributed by atoms with E-state index in [-0.39, 0.29) is 11.8 Å². The van der Waals surface area contributed by atoms with Crippen LogP contribution in [0.25, 0.3) is 10.6 Å². The van der Waals surface area contributed by atoms with Crippen LogP contribution in [0.5, 0.6) is 0 Å². The predicted octanol–water partition coefficient (Wildman–Crippen LogP) is 4.19. The maximum Gasteiger partial charge on any atom is 0.255 e. The summed E-state index contributed by atoms with van der Waals surface area (Å²) in [6.45, 7) is 0.708. The van der Waals surface area contributed by atoms with Gasteiger partial charge in [-0.3, -0.25) is 9.59 Å². The van der Waals surface area contributed by atoms with E-state index in [2.05, 4.69) is 10.3 Å². The van der Waals surface area contributed by atoms with E-state index in [0.29, 0.717) is 24.2 Å². The van der Waals surface area contributed by atoms with Gasteiger partial charge in [0.2, 0.25) is 5.91 Å². The molecule has 2 aromatic carbocycles. The minimum Gasteiger partial charge on any atom is -0.322 e. The smallest absolute Gasteiger partial charge is 0.255 e. The van der Waals surface area contributed by atoms with Gasteiger partial charge in [0.1, 0.15) is 5.01 Å². The number of anilines is 2. The topological polar surface area (TPSA) is 62.3 Å². The molecule has 3 aromatic rings. The molecule has 0 radical (unpaired) electrons. The predicted molar refractivity (Wildman–Crippen MR) is 104 cm³/mol. The largest absolute Gasteiger partial charge is 0.322 e. The lowest BCUT2D eigenvalue weighted by Gasteiger charge is -2.16. The highest BCUT2D eigenvalue weighted by atomic mass is 32.1. The fourth-order valence-corrected chi connectivity index (χ4v) is 3.67. The zero-order chi connectivity index (χ0) is 17.9. The Morgan fingerprint density at radius 1 is 1.15 bits per heavy atom. The van der Waals surface area contributed by atoms with Crippen molar-refractivity contribution in [3.8, 4) is 10.6 Å². The third-order valence-electron chi connectivity index (χ3n) is 4.29. The first-order valence-corrected chi connectivity index (χ1v) is 9.30. The van der Waals surface area contributed by atoms with Gasteiger partial charge in [-0.2, -0.15) is 0 Å². The van der Waals surface area contributed by atoms with E-state index in [1.165, 1.54) is 0 Å². The molecule has 2 amide bonds. The molecule has 0 aliphatic carbocycles. The summed E-state index contributed by atoms with van der Waals surface area (Å²) in [6, 6.07) is 14.8. The average molecular weight is 363 g/mol. The molecule has 1 aliphatic heterocycles. The fraction of sp³-hybridized carbons (Fsp3) is 0.150. The van der Waals surface area contributed by atoms with E-state index >= 15 is 0 Å². The summed E-state index contributed by atoms with van der Waals surface area (Å²) >= 11 is 1.55. The van der Waals surface area contributed by atoms with Crippen molar-refractivity contribution in [3.05, 3.63) is 65.7 Å². The number of thiazole rings is 1. The molecule has 130 valence electrons. The number of benzene rings is 2. The first-order chi connectivity index (χ1) is 12.7. The Hall–Kier alpha value is -2.99. The van der Waals surface area contributed by atoms with E-state index in [0.717, 1.165) is 22.7 Å². The van der Waals surface area contributed by atoms with Crippen molar-refractivity contribution in [1.82, 2.24) is 4.98 Å². The van der Waals surface area contributed by atoms with Crippen LogP contribution in [-0.4, -0.2) is 23.3 Å². The molecule has 0 atom stereocenters. The summed E-state index contributed by atoms with van der Waals surface area (Å²) in [5.74, 6) is -0.0894. The van der Waals surface area contributed by atoms with Gasteiger partial charge in [0.25, 0.3) is 5.91 Å². The summed E-state index contributed by atoms with van der Waals surface area (Å²) < 4.78 is 0. The Kier molecular flexibility index (Phi) is 4.50. The molecule has 0 bridgehead atoms. The van der Waals surface area contributed by atoms with Gasteiger partial charge < -0.3 is 10.2 Å². The maximum atomic E-state index is 12.6. The standard InChI is InChI=1S/C20H17N3O2S/c24-18-8-3-10-23(18)17-7-2-4-14(13-17)19(25)22-16-6-1-5-15(12-16)20-21-9-11-26-20/h1-2,4-7,9,11-13H,3,8,10H2,(H,22,25). The number of aromatic nitrogens is 1. The van der Waals surface area contributed by atoms with Crippen molar-refractivity contribution in [1.29, 1.82) is 0 Å². The minimum absolute atomic E-state index is 0.110. The monoisotopic (exact) mass is 363 g/mol. The second-order valence-corrected chi connectivity index (χ2v) is 6.97. The number of nitrogens with zero attached hydrogens (tertiary/aromatic N) is 2. The first-order valence-electron chi connectivity index (χ1n) is 8.42. The molecule has 0 saturated carbocycles. The number of carbonyl (C=O) groups excluding carboxylic acids is 2. The summed E-state index contributed by atoms with van der Waals surface area (Å²) in [6.07, 6.45) is 3.19. The van der Waals surface area contributed by atoms with Gasteiger partial charge in [0.05, 0.1) is 0 Å². The van der Waals surface area contributed by atoms with Crippen molar-refractivity contribution in [3.63, 3.8) is 0 Å². The number of nitrogens with one attached hydrogen (secondary N) is 1. The van der Waals surface area contributed by atoms with E-state index in [1.54, 1.807) is 34.6 Å². The Balaban J connectivity index is 1.54. The Morgan fingerprint density at radius 2 is 2.04 bits per heavy atom. The molecule has 5 nitrogen and oxygen atoms in total. The second-order valence-electron chi connectivity index (χ2n) is 6.07. The summed E-state index contributed by atoms with van der Waals surface area (Å²) in [5, 5.41) is 5.76. The van der Waals surface area contributed by atoms with Crippen LogP contribution in [0.4, 0.5) is 11.4 Å². The molecule has 0 unspecified atom stereocenters. The molecule has 1 aromatic heterocycles. The van der Waals surface area contributed by atoms with Crippen LogP contribution in [-0.2, 0) is 4.79 Å². The number of amides is 2. The van der Waals surface area contributed by atoms with Crippen LogP contribution in [0, 0.1) is 0 Å². The van der Waals surface area contributed by atoms with Gasteiger partial charge in [0, 0.05) is 47.0 Å². The molecule has 0 spiro atoms. The molecule has 1 aliphatic rings. The number of hydrogen-bond acceptors (Lipinski definition) is 4. The van der Waals surface area contributed by atoms with Crippen LogP contribution < -0.4 is 10.2 Å². The molecule has 26 heavy (non-hydrogen) atoms. The third kappa shape index (κ3) is 3.36. The zero-order valence-corrected chi connectivity index (χ0v) is 14.8. The van der Waals surface area contributed by atoms with E-state index < -0.39 is 0 Å². The molecule has 1 saturated heterocycles. The first kappa shape index (κ1) is 16.5. The van der Waals surface area contributed by atoms with Gasteiger partial charge >= 0.3 is 0 Å². The lowest BCUT2D eigenvalue weighted by atomic mass is 10.1. The van der Waals surface area contributed by atoms with Crippen molar-refractivity contribution in [2.24, 2.45) is 0 Å². The van der Waals surface area contributed by atoms with Gasteiger partial charge in [-0.25, -0.2) is 4.98 Å². The lowest BCUT2D eigenvalue weighted by Crippen LogP contribution is -2.24. The SMILES string of the molecule is O=C(Nc1cccc(-c2nccs2)c1)c1cccc(N2CCCC2=O)c1. The fourth-order valence-electron chi connectivity index (χ4n) is 3.04. The van der Waals surface area contributed by atoms with Crippen LogP contribution in [0.1, 0.15) is 23.2 Å². The highest BCUT2D eigenvalue weighted by Gasteiger charge is 2.22. The number of carbonyl (C=O) groups is 2. The average Bonchev–Trinajstić information content (AvgIpc) is 3.34. The van der Waals surface area contributed by atoms with Gasteiger partial charge in [0.15, 0.2) is 0 Å². The van der Waals surface area contributed by atoms with Gasteiger partial charge in [-0.05, 0) is 36.8 Å². The van der Waals surface area contributed by atoms with E-state index in [4.69, 9.17) is 0 Å². The van der Waals surface area contributed by atoms with Crippen LogP contribution in [0.15, 0.2) is 60.1 Å². The molecule has 1 fully saturated rings. The van der Waals surface area contributed by atoms with E-state index in [9.17, 15) is 9.59 Å². The van der Waals surface area contributed by atoms with Crippen LogP contribution >= 0.6 is 11.3 Å². The van der Waals surface area contributed by atoms with Crippen molar-refractivity contribution >= 4 is 34.5 Å². The second kappa shape index (κ2) is 7.09. The minimum atomic E-state index is -0.199. The molecule has 6 heteroatoms. The van der Waals surface area contributed by atoms with Crippen molar-refractivity contribution in [2.45, 2.75) is 12.8 Å². The maximum absolute atomic E-state index is 12.6. The third-order valence-corrected chi connectivity index (χ3v) is 5.12. The van der Waals surface area contributed by atoms with E-state index in [1.807, 2.05) is 41.8 Å². The Bertz CT molecular complexity index is 953. The summed E-state index contributed by atoms with van der Waals surface area (Å²) in [7, 11) is 0. The Morgan fingerprint density at radius 3 is 2.81 bits per heavy atom. The molecular weight excluding hydrogens is 346 g/mol. The lowest BCUT2D eigenvalue weighted by molar-refractivity contribution is -0.117. The Labute approximate surface area is 155 Å². The number of rotatable bonds is 4. The molecule has 2 heterocycles. The zero-order valence-electron chi connectivity index (χ0n) is 14.0. The normalized spacial score (nSPS) is 13.8. The highest BCUT2D eigenvalue weighted by molar-refractivity contribution is 7.13. The molecule has 4 rings (SSSR count).